The standard InChI is InChI=1S/C27H39N9O4/c1-27(2,3)24(36-17-20(31-32-36)18-4-5-18)26(40)35-16-19(37)14-21(35)25(39)30-7-6-23(38)34-12-10-33(11-13-34)22-15-28-8-9-29-22/h8-9,15,17-19,21,24,37H,4-7,10-14,16H2,1-3H3,(H,30,39)/t19-,21+,24-/m1/s1. The van der Waals surface area contributed by atoms with E-state index in [1.54, 1.807) is 28.2 Å². The summed E-state index contributed by atoms with van der Waals surface area (Å²) < 4.78 is 1.61. The van der Waals surface area contributed by atoms with E-state index >= 15 is 0 Å². The second-order valence-corrected chi connectivity index (χ2v) is 12.0. The van der Waals surface area contributed by atoms with Gasteiger partial charge in [0.25, 0.3) is 0 Å². The van der Waals surface area contributed by atoms with Crippen LogP contribution in [-0.2, 0) is 14.4 Å². The van der Waals surface area contributed by atoms with E-state index in [9.17, 15) is 19.5 Å². The molecular weight excluding hydrogens is 514 g/mol. The van der Waals surface area contributed by atoms with Gasteiger partial charge in [-0.15, -0.1) is 5.10 Å². The number of nitrogens with zero attached hydrogens (tertiary/aromatic N) is 8. The molecule has 0 radical (unpaired) electrons. The zero-order chi connectivity index (χ0) is 28.4. The number of aliphatic hydroxyl groups excluding tert-OH is 1. The molecule has 2 N–H and O–H groups in total. The van der Waals surface area contributed by atoms with E-state index in [-0.39, 0.29) is 43.7 Å². The number of aliphatic hydroxyl groups is 1. The molecule has 40 heavy (non-hydrogen) atoms. The number of carbonyl (C=O) groups is 3. The zero-order valence-electron chi connectivity index (χ0n) is 23.4. The van der Waals surface area contributed by atoms with Crippen molar-refractivity contribution in [1.29, 1.82) is 0 Å². The maximum atomic E-state index is 13.8. The minimum atomic E-state index is -0.815. The maximum Gasteiger partial charge on any atom is 0.248 e. The van der Waals surface area contributed by atoms with Gasteiger partial charge in [0.15, 0.2) is 0 Å². The Hall–Kier alpha value is -3.61. The Morgan fingerprint density at radius 2 is 1.88 bits per heavy atom. The fraction of sp³-hybridized carbons (Fsp3) is 0.667. The Kier molecular flexibility index (Phi) is 8.02. The Labute approximate surface area is 233 Å². The van der Waals surface area contributed by atoms with Gasteiger partial charge in [-0.05, 0) is 18.3 Å². The van der Waals surface area contributed by atoms with Crippen LogP contribution in [0.5, 0.6) is 0 Å². The van der Waals surface area contributed by atoms with E-state index in [4.69, 9.17) is 0 Å². The van der Waals surface area contributed by atoms with Crippen LogP contribution in [0, 0.1) is 5.41 Å². The predicted molar refractivity (Wildman–Crippen MR) is 145 cm³/mol. The van der Waals surface area contributed by atoms with Crippen LogP contribution >= 0.6 is 0 Å². The molecule has 1 aliphatic carbocycles. The maximum absolute atomic E-state index is 13.8. The van der Waals surface area contributed by atoms with Gasteiger partial charge >= 0.3 is 0 Å². The molecule has 13 heteroatoms. The molecular formula is C27H39N9O4. The van der Waals surface area contributed by atoms with Crippen molar-refractivity contribution in [3.63, 3.8) is 0 Å². The first-order valence-electron chi connectivity index (χ1n) is 14.1. The van der Waals surface area contributed by atoms with Gasteiger partial charge in [-0.1, -0.05) is 26.0 Å². The molecule has 3 amide bonds. The molecule has 3 atom stereocenters. The number of amides is 3. The van der Waals surface area contributed by atoms with E-state index in [1.807, 2.05) is 27.0 Å². The number of β-amino-alcohol motifs (C(OH)–C–C–N with tert-alkyl or cyclic N) is 1. The first kappa shape index (κ1) is 27.9. The molecule has 2 saturated heterocycles. The molecule has 0 unspecified atom stereocenters. The van der Waals surface area contributed by atoms with Crippen LogP contribution in [0.4, 0.5) is 5.82 Å². The summed E-state index contributed by atoms with van der Waals surface area (Å²) in [4.78, 5) is 53.6. The van der Waals surface area contributed by atoms with Gasteiger partial charge in [0.2, 0.25) is 17.7 Å². The molecule has 3 aliphatic rings. The number of rotatable bonds is 8. The lowest BCUT2D eigenvalue weighted by Crippen LogP contribution is -2.51. The first-order chi connectivity index (χ1) is 19.1. The third-order valence-corrected chi connectivity index (χ3v) is 7.85. The third kappa shape index (κ3) is 6.24. The summed E-state index contributed by atoms with van der Waals surface area (Å²) in [6.45, 7) is 8.55. The molecule has 2 aromatic rings. The average molecular weight is 554 g/mol. The van der Waals surface area contributed by atoms with Crippen molar-refractivity contribution in [3.05, 3.63) is 30.5 Å². The van der Waals surface area contributed by atoms with Crippen LogP contribution in [-0.4, -0.2) is 109 Å². The number of anilines is 1. The van der Waals surface area contributed by atoms with Crippen LogP contribution < -0.4 is 10.2 Å². The third-order valence-electron chi connectivity index (χ3n) is 7.85. The number of aromatic nitrogens is 5. The minimum absolute atomic E-state index is 0.0380. The molecule has 2 aromatic heterocycles. The van der Waals surface area contributed by atoms with Crippen LogP contribution in [0.3, 0.4) is 0 Å². The Balaban J connectivity index is 1.15. The Morgan fingerprint density at radius 3 is 2.52 bits per heavy atom. The van der Waals surface area contributed by atoms with Gasteiger partial charge in [-0.25, -0.2) is 9.67 Å². The highest BCUT2D eigenvalue weighted by Gasteiger charge is 2.45. The quantitative estimate of drug-likeness (QED) is 0.472. The van der Waals surface area contributed by atoms with Gasteiger partial charge in [-0.3, -0.25) is 19.4 Å². The molecule has 2 aliphatic heterocycles. The molecule has 0 bridgehead atoms. The van der Waals surface area contributed by atoms with Gasteiger partial charge in [0.1, 0.15) is 17.9 Å². The lowest BCUT2D eigenvalue weighted by Gasteiger charge is -2.35. The van der Waals surface area contributed by atoms with E-state index in [0.29, 0.717) is 32.1 Å². The van der Waals surface area contributed by atoms with Crippen molar-refractivity contribution in [2.45, 2.75) is 70.6 Å². The topological polar surface area (TPSA) is 150 Å². The number of likely N-dealkylation sites (tertiary alicyclic amines) is 1. The number of hydrogen-bond donors (Lipinski definition) is 2. The van der Waals surface area contributed by atoms with Crippen molar-refractivity contribution >= 4 is 23.5 Å². The number of piperazine rings is 1. The Morgan fingerprint density at radius 1 is 1.12 bits per heavy atom. The SMILES string of the molecule is CC(C)(C)[C@@H](C(=O)N1C[C@H](O)C[C@H]1C(=O)NCCC(=O)N1CCN(c2cnccn2)CC1)n1cc(C2CC2)nn1. The van der Waals surface area contributed by atoms with Crippen molar-refractivity contribution in [3.8, 4) is 0 Å². The van der Waals surface area contributed by atoms with Crippen LogP contribution in [0.15, 0.2) is 24.8 Å². The zero-order valence-corrected chi connectivity index (χ0v) is 23.4. The molecule has 0 spiro atoms. The van der Waals surface area contributed by atoms with Crippen molar-refractivity contribution in [2.24, 2.45) is 5.41 Å². The Bertz CT molecular complexity index is 1200. The highest BCUT2D eigenvalue weighted by Crippen LogP contribution is 2.40. The number of nitrogens with one attached hydrogen (secondary N) is 1. The summed E-state index contributed by atoms with van der Waals surface area (Å²) in [7, 11) is 0. The van der Waals surface area contributed by atoms with E-state index < -0.39 is 23.6 Å². The molecule has 1 saturated carbocycles. The smallest absolute Gasteiger partial charge is 0.248 e. The second kappa shape index (κ2) is 11.5. The first-order valence-corrected chi connectivity index (χ1v) is 14.1. The number of hydrogen-bond acceptors (Lipinski definition) is 9. The summed E-state index contributed by atoms with van der Waals surface area (Å²) in [5.41, 5.74) is 0.390. The molecule has 13 nitrogen and oxygen atoms in total. The molecule has 3 fully saturated rings. The second-order valence-electron chi connectivity index (χ2n) is 12.0. The molecule has 0 aromatic carbocycles. The van der Waals surface area contributed by atoms with E-state index in [0.717, 1.165) is 24.4 Å². The molecule has 4 heterocycles. The minimum Gasteiger partial charge on any atom is -0.391 e. The lowest BCUT2D eigenvalue weighted by molar-refractivity contribution is -0.144. The fourth-order valence-electron chi connectivity index (χ4n) is 5.53. The van der Waals surface area contributed by atoms with E-state index in [2.05, 4.69) is 30.5 Å². The summed E-state index contributed by atoms with van der Waals surface area (Å²) in [6, 6.07) is -1.49. The van der Waals surface area contributed by atoms with Crippen LogP contribution in [0.2, 0.25) is 0 Å². The van der Waals surface area contributed by atoms with Crippen molar-refractivity contribution < 1.29 is 19.5 Å². The summed E-state index contributed by atoms with van der Waals surface area (Å²) in [5, 5.41) is 21.8. The van der Waals surface area contributed by atoms with Crippen molar-refractivity contribution in [1.82, 2.24) is 40.1 Å². The predicted octanol–water partition coefficient (Wildman–Crippen LogP) is 0.350. The van der Waals surface area contributed by atoms with Gasteiger partial charge < -0.3 is 25.1 Å². The summed E-state index contributed by atoms with van der Waals surface area (Å²) in [5.74, 6) is 0.523. The summed E-state index contributed by atoms with van der Waals surface area (Å²) in [6.07, 6.45) is 8.49. The molecule has 216 valence electrons. The number of carbonyl (C=O) groups excluding carboxylic acids is 3. The largest absolute Gasteiger partial charge is 0.391 e. The van der Waals surface area contributed by atoms with Gasteiger partial charge in [0.05, 0.1) is 18.0 Å². The monoisotopic (exact) mass is 553 g/mol. The van der Waals surface area contributed by atoms with Crippen molar-refractivity contribution in [2.75, 3.05) is 44.2 Å². The normalized spacial score (nSPS) is 22.4. The van der Waals surface area contributed by atoms with Crippen LogP contribution in [0.25, 0.3) is 0 Å². The molecule has 5 rings (SSSR count). The summed E-state index contributed by atoms with van der Waals surface area (Å²) >= 11 is 0. The van der Waals surface area contributed by atoms with E-state index in [1.165, 1.54) is 4.90 Å². The highest BCUT2D eigenvalue weighted by molar-refractivity contribution is 5.90. The van der Waals surface area contributed by atoms with Gasteiger partial charge in [0, 0.05) is 76.6 Å². The van der Waals surface area contributed by atoms with Gasteiger partial charge in [-0.2, -0.15) is 0 Å². The highest BCUT2D eigenvalue weighted by atomic mass is 16.3. The fourth-order valence-corrected chi connectivity index (χ4v) is 5.53. The van der Waals surface area contributed by atoms with Crippen LogP contribution in [0.1, 0.15) is 64.1 Å². The average Bonchev–Trinajstić information content (AvgIpc) is 3.54. The lowest BCUT2D eigenvalue weighted by atomic mass is 9.85.